The molecule has 1 aromatic carbocycles. The number of nitrogen functional groups attached to an aromatic ring is 1. The molecular weight excluding hydrogens is 238 g/mol. The summed E-state index contributed by atoms with van der Waals surface area (Å²) < 4.78 is 0. The third-order valence-corrected chi connectivity index (χ3v) is 3.73. The number of amides is 1. The summed E-state index contributed by atoms with van der Waals surface area (Å²) in [6, 6.07) is 5.95. The first-order chi connectivity index (χ1) is 9.00. The zero-order chi connectivity index (χ0) is 14.0. The van der Waals surface area contributed by atoms with E-state index in [1.54, 1.807) is 6.07 Å². The maximum atomic E-state index is 12.7. The van der Waals surface area contributed by atoms with E-state index in [9.17, 15) is 4.79 Å². The van der Waals surface area contributed by atoms with Gasteiger partial charge in [0.15, 0.2) is 0 Å². The van der Waals surface area contributed by atoms with Crippen molar-refractivity contribution in [1.82, 2.24) is 9.80 Å². The lowest BCUT2D eigenvalue weighted by Crippen LogP contribution is -2.41. The molecule has 0 radical (unpaired) electrons. The van der Waals surface area contributed by atoms with Crippen LogP contribution in [0.15, 0.2) is 18.2 Å². The second-order valence-electron chi connectivity index (χ2n) is 5.60. The van der Waals surface area contributed by atoms with Gasteiger partial charge in [-0.05, 0) is 45.5 Å². The zero-order valence-corrected chi connectivity index (χ0v) is 12.0. The third-order valence-electron chi connectivity index (χ3n) is 3.73. The molecule has 1 aliphatic rings. The van der Waals surface area contributed by atoms with Crippen LogP contribution in [0, 0.1) is 6.92 Å². The fourth-order valence-corrected chi connectivity index (χ4v) is 2.84. The van der Waals surface area contributed by atoms with Crippen molar-refractivity contribution in [2.45, 2.75) is 25.8 Å². The molecule has 1 amide bonds. The van der Waals surface area contributed by atoms with Crippen LogP contribution in [-0.2, 0) is 0 Å². The second-order valence-corrected chi connectivity index (χ2v) is 5.60. The van der Waals surface area contributed by atoms with E-state index in [0.717, 1.165) is 31.5 Å². The predicted molar refractivity (Wildman–Crippen MR) is 78.2 cm³/mol. The summed E-state index contributed by atoms with van der Waals surface area (Å²) in [7, 11) is 4.09. The lowest BCUT2D eigenvalue weighted by atomic mass is 10.0. The molecule has 1 aromatic rings. The highest BCUT2D eigenvalue weighted by molar-refractivity contribution is 6.00. The molecule has 1 aliphatic heterocycles. The Morgan fingerprint density at radius 2 is 2.21 bits per heavy atom. The van der Waals surface area contributed by atoms with Crippen molar-refractivity contribution in [2.75, 3.05) is 32.9 Å². The Morgan fingerprint density at radius 3 is 2.84 bits per heavy atom. The van der Waals surface area contributed by atoms with Gasteiger partial charge in [-0.2, -0.15) is 0 Å². The molecule has 0 spiro atoms. The minimum Gasteiger partial charge on any atom is -0.398 e. The summed E-state index contributed by atoms with van der Waals surface area (Å²) in [5.41, 5.74) is 8.20. The summed E-state index contributed by atoms with van der Waals surface area (Å²) in [5, 5.41) is 0. The van der Waals surface area contributed by atoms with Gasteiger partial charge in [-0.1, -0.05) is 12.1 Å². The first-order valence-electron chi connectivity index (χ1n) is 6.81. The van der Waals surface area contributed by atoms with Gasteiger partial charge in [0.2, 0.25) is 0 Å². The normalized spacial score (nSPS) is 19.2. The van der Waals surface area contributed by atoms with Gasteiger partial charge in [0, 0.05) is 24.8 Å². The SMILES string of the molecule is Cc1cccc(N)c1C(=O)N1CCCC1CN(C)C. The maximum absolute atomic E-state index is 12.7. The summed E-state index contributed by atoms with van der Waals surface area (Å²) >= 11 is 0. The number of carbonyl (C=O) groups excluding carboxylic acids is 1. The Morgan fingerprint density at radius 1 is 1.47 bits per heavy atom. The maximum Gasteiger partial charge on any atom is 0.256 e. The molecule has 1 heterocycles. The van der Waals surface area contributed by atoms with E-state index in [-0.39, 0.29) is 5.91 Å². The van der Waals surface area contributed by atoms with Crippen molar-refractivity contribution < 1.29 is 4.79 Å². The fourth-order valence-electron chi connectivity index (χ4n) is 2.84. The largest absolute Gasteiger partial charge is 0.398 e. The molecule has 0 bridgehead atoms. The van der Waals surface area contributed by atoms with Crippen LogP contribution in [0.5, 0.6) is 0 Å². The van der Waals surface area contributed by atoms with E-state index in [1.807, 2.05) is 38.1 Å². The van der Waals surface area contributed by atoms with Gasteiger partial charge in [-0.25, -0.2) is 0 Å². The molecule has 2 rings (SSSR count). The zero-order valence-electron chi connectivity index (χ0n) is 12.0. The monoisotopic (exact) mass is 261 g/mol. The summed E-state index contributed by atoms with van der Waals surface area (Å²) in [5.74, 6) is 0.0833. The van der Waals surface area contributed by atoms with Gasteiger partial charge in [0.1, 0.15) is 0 Å². The average molecular weight is 261 g/mol. The summed E-state index contributed by atoms with van der Waals surface area (Å²) in [4.78, 5) is 16.8. The van der Waals surface area contributed by atoms with Crippen LogP contribution < -0.4 is 5.73 Å². The van der Waals surface area contributed by atoms with Gasteiger partial charge in [0.05, 0.1) is 5.56 Å². The molecule has 104 valence electrons. The van der Waals surface area contributed by atoms with Crippen LogP contribution in [0.3, 0.4) is 0 Å². The van der Waals surface area contributed by atoms with E-state index in [2.05, 4.69) is 4.90 Å². The average Bonchev–Trinajstić information content (AvgIpc) is 2.75. The van der Waals surface area contributed by atoms with Gasteiger partial charge in [-0.3, -0.25) is 4.79 Å². The van der Waals surface area contributed by atoms with Crippen LogP contribution in [0.2, 0.25) is 0 Å². The molecule has 1 fully saturated rings. The first-order valence-corrected chi connectivity index (χ1v) is 6.81. The van der Waals surface area contributed by atoms with E-state index in [0.29, 0.717) is 17.3 Å². The first kappa shape index (κ1) is 13.9. The molecule has 1 atom stereocenters. The van der Waals surface area contributed by atoms with Crippen molar-refractivity contribution >= 4 is 11.6 Å². The molecule has 4 nitrogen and oxygen atoms in total. The molecular formula is C15H23N3O. The number of benzene rings is 1. The highest BCUT2D eigenvalue weighted by Gasteiger charge is 2.31. The number of nitrogens with two attached hydrogens (primary N) is 1. The molecule has 0 aromatic heterocycles. The van der Waals surface area contributed by atoms with Crippen molar-refractivity contribution in [3.05, 3.63) is 29.3 Å². The van der Waals surface area contributed by atoms with Crippen LogP contribution in [0.4, 0.5) is 5.69 Å². The number of likely N-dealkylation sites (tertiary alicyclic amines) is 1. The Kier molecular flexibility index (Phi) is 4.10. The van der Waals surface area contributed by atoms with Crippen molar-refractivity contribution in [1.29, 1.82) is 0 Å². The number of aryl methyl sites for hydroxylation is 1. The summed E-state index contributed by atoms with van der Waals surface area (Å²) in [6.45, 7) is 3.70. The van der Waals surface area contributed by atoms with Gasteiger partial charge < -0.3 is 15.5 Å². The second kappa shape index (κ2) is 5.61. The number of anilines is 1. The molecule has 4 heteroatoms. The topological polar surface area (TPSA) is 49.6 Å². The summed E-state index contributed by atoms with van der Waals surface area (Å²) in [6.07, 6.45) is 2.16. The fraction of sp³-hybridized carbons (Fsp3) is 0.533. The standard InChI is InChI=1S/C15H23N3O/c1-11-6-4-8-13(16)14(11)15(19)18-9-5-7-12(18)10-17(2)3/h4,6,8,12H,5,7,9-10,16H2,1-3H3. The Bertz CT molecular complexity index is 450. The van der Waals surface area contributed by atoms with E-state index in [4.69, 9.17) is 5.73 Å². The van der Waals surface area contributed by atoms with E-state index >= 15 is 0 Å². The van der Waals surface area contributed by atoms with Crippen molar-refractivity contribution in [3.8, 4) is 0 Å². The quantitative estimate of drug-likeness (QED) is 0.843. The molecule has 2 N–H and O–H groups in total. The molecule has 19 heavy (non-hydrogen) atoms. The molecule has 1 unspecified atom stereocenters. The van der Waals surface area contributed by atoms with Crippen LogP contribution >= 0.6 is 0 Å². The Hall–Kier alpha value is -1.55. The molecule has 1 saturated heterocycles. The predicted octanol–water partition coefficient (Wildman–Crippen LogP) is 1.74. The number of rotatable bonds is 3. The molecule has 0 saturated carbocycles. The minimum absolute atomic E-state index is 0.0833. The lowest BCUT2D eigenvalue weighted by molar-refractivity contribution is 0.0717. The number of carbonyl (C=O) groups is 1. The van der Waals surface area contributed by atoms with Crippen molar-refractivity contribution in [3.63, 3.8) is 0 Å². The number of hydrogen-bond donors (Lipinski definition) is 1. The van der Waals surface area contributed by atoms with Gasteiger partial charge in [0.25, 0.3) is 5.91 Å². The highest BCUT2D eigenvalue weighted by atomic mass is 16.2. The van der Waals surface area contributed by atoms with Crippen LogP contribution in [-0.4, -0.2) is 48.9 Å². The lowest BCUT2D eigenvalue weighted by Gasteiger charge is -2.28. The van der Waals surface area contributed by atoms with E-state index in [1.165, 1.54) is 0 Å². The molecule has 0 aliphatic carbocycles. The van der Waals surface area contributed by atoms with Crippen molar-refractivity contribution in [2.24, 2.45) is 0 Å². The van der Waals surface area contributed by atoms with Crippen LogP contribution in [0.25, 0.3) is 0 Å². The van der Waals surface area contributed by atoms with E-state index < -0.39 is 0 Å². The van der Waals surface area contributed by atoms with Crippen LogP contribution in [0.1, 0.15) is 28.8 Å². The number of nitrogens with zero attached hydrogens (tertiary/aromatic N) is 2. The van der Waals surface area contributed by atoms with Gasteiger partial charge >= 0.3 is 0 Å². The number of likely N-dealkylation sites (N-methyl/N-ethyl adjacent to an activating group) is 1. The Balaban J connectivity index is 2.23. The smallest absolute Gasteiger partial charge is 0.256 e. The highest BCUT2D eigenvalue weighted by Crippen LogP contribution is 2.24. The van der Waals surface area contributed by atoms with Gasteiger partial charge in [-0.15, -0.1) is 0 Å². The number of hydrogen-bond acceptors (Lipinski definition) is 3. The minimum atomic E-state index is 0.0833. The third kappa shape index (κ3) is 2.89. The Labute approximate surface area is 115 Å².